The quantitative estimate of drug-likeness (QED) is 0.816. The van der Waals surface area contributed by atoms with E-state index in [9.17, 15) is 9.59 Å². The zero-order valence-electron chi connectivity index (χ0n) is 13.6. The number of fused-ring (bicyclic) bond motifs is 1. The summed E-state index contributed by atoms with van der Waals surface area (Å²) in [6.45, 7) is 3.96. The summed E-state index contributed by atoms with van der Waals surface area (Å²) in [6.07, 6.45) is -1.41. The summed E-state index contributed by atoms with van der Waals surface area (Å²) in [7, 11) is 0. The fourth-order valence-corrected chi connectivity index (χ4v) is 3.35. The van der Waals surface area contributed by atoms with Gasteiger partial charge in [-0.15, -0.1) is 0 Å². The van der Waals surface area contributed by atoms with Crippen molar-refractivity contribution in [1.82, 2.24) is 4.90 Å². The summed E-state index contributed by atoms with van der Waals surface area (Å²) in [5.41, 5.74) is 0.962. The molecule has 4 rings (SSSR count). The number of benzene rings is 1. The zero-order valence-corrected chi connectivity index (χ0v) is 13.6. The van der Waals surface area contributed by atoms with Gasteiger partial charge in [0.1, 0.15) is 12.6 Å². The first-order valence-electron chi connectivity index (χ1n) is 7.94. The minimum atomic E-state index is -1.48. The van der Waals surface area contributed by atoms with E-state index in [-0.39, 0.29) is 13.2 Å². The summed E-state index contributed by atoms with van der Waals surface area (Å²) >= 11 is 0. The third-order valence-corrected chi connectivity index (χ3v) is 4.55. The smallest absolute Gasteiger partial charge is 0.411 e. The van der Waals surface area contributed by atoms with Gasteiger partial charge in [-0.05, 0) is 19.4 Å². The second-order valence-electron chi connectivity index (χ2n) is 6.70. The van der Waals surface area contributed by atoms with Crippen LogP contribution in [0.2, 0.25) is 0 Å². The Bertz CT molecular complexity index is 675. The number of ketones is 1. The van der Waals surface area contributed by atoms with E-state index >= 15 is 0 Å². The molecule has 1 amide bonds. The lowest BCUT2D eigenvalue weighted by molar-refractivity contribution is -0.260. The predicted octanol–water partition coefficient (Wildman–Crippen LogP) is 1.45. The lowest BCUT2D eigenvalue weighted by Gasteiger charge is -2.37. The molecule has 0 bridgehead atoms. The number of ether oxygens (including phenoxy) is 4. The standard InChI is InChI=1S/C17H19NO6/c1-16(2)22-10-17(24-16)14(19)13-12(9-21-17)18(15(20)23-13)8-11-6-4-3-5-7-11/h3-7,12-13H,8-10H2,1-2H3/t12-,13?,17+/m1/s1. The Morgan fingerprint density at radius 1 is 1.17 bits per heavy atom. The molecule has 24 heavy (non-hydrogen) atoms. The largest absolute Gasteiger partial charge is 0.435 e. The molecule has 1 aromatic rings. The van der Waals surface area contributed by atoms with E-state index in [4.69, 9.17) is 18.9 Å². The van der Waals surface area contributed by atoms with Crippen molar-refractivity contribution >= 4 is 11.9 Å². The van der Waals surface area contributed by atoms with E-state index in [1.165, 1.54) is 4.90 Å². The third kappa shape index (κ3) is 2.40. The first kappa shape index (κ1) is 15.6. The van der Waals surface area contributed by atoms with Gasteiger partial charge in [-0.3, -0.25) is 9.69 Å². The van der Waals surface area contributed by atoms with Crippen LogP contribution < -0.4 is 0 Å². The average molecular weight is 333 g/mol. The average Bonchev–Trinajstić information content (AvgIpc) is 3.03. The highest BCUT2D eigenvalue weighted by Gasteiger charge is 2.62. The molecule has 3 atom stereocenters. The van der Waals surface area contributed by atoms with Crippen molar-refractivity contribution in [2.24, 2.45) is 0 Å². The van der Waals surface area contributed by atoms with Crippen molar-refractivity contribution in [2.45, 2.75) is 44.1 Å². The minimum Gasteiger partial charge on any atom is -0.435 e. The van der Waals surface area contributed by atoms with Crippen LogP contribution in [0.25, 0.3) is 0 Å². The van der Waals surface area contributed by atoms with E-state index in [0.717, 1.165) is 5.56 Å². The highest BCUT2D eigenvalue weighted by molar-refractivity contribution is 5.95. The maximum atomic E-state index is 12.8. The molecule has 3 aliphatic rings. The predicted molar refractivity (Wildman–Crippen MR) is 80.8 cm³/mol. The zero-order chi connectivity index (χ0) is 16.9. The lowest BCUT2D eigenvalue weighted by atomic mass is 9.97. The normalized spacial score (nSPS) is 34.5. The molecule has 3 fully saturated rings. The van der Waals surface area contributed by atoms with Gasteiger partial charge in [-0.2, -0.15) is 0 Å². The summed E-state index contributed by atoms with van der Waals surface area (Å²) in [6, 6.07) is 9.09. The molecular weight excluding hydrogens is 314 g/mol. The van der Waals surface area contributed by atoms with Gasteiger partial charge in [0, 0.05) is 6.54 Å². The van der Waals surface area contributed by atoms with Crippen LogP contribution in [-0.2, 0) is 30.3 Å². The van der Waals surface area contributed by atoms with Crippen LogP contribution in [0.5, 0.6) is 0 Å². The van der Waals surface area contributed by atoms with Crippen molar-refractivity contribution in [1.29, 1.82) is 0 Å². The number of hydrogen-bond acceptors (Lipinski definition) is 6. The van der Waals surface area contributed by atoms with Gasteiger partial charge >= 0.3 is 6.09 Å². The second-order valence-corrected chi connectivity index (χ2v) is 6.70. The summed E-state index contributed by atoms with van der Waals surface area (Å²) in [5, 5.41) is 0. The summed E-state index contributed by atoms with van der Waals surface area (Å²) in [4.78, 5) is 26.6. The van der Waals surface area contributed by atoms with Gasteiger partial charge < -0.3 is 18.9 Å². The SMILES string of the molecule is CC1(C)OC[C@]2(OC[C@@H]3C(OC(=O)N3Cc3ccccc3)C2=O)O1. The number of carbonyl (C=O) groups excluding carboxylic acids is 2. The Morgan fingerprint density at radius 2 is 1.92 bits per heavy atom. The van der Waals surface area contributed by atoms with Gasteiger partial charge in [0.15, 0.2) is 11.9 Å². The van der Waals surface area contributed by atoms with E-state index in [2.05, 4.69) is 0 Å². The van der Waals surface area contributed by atoms with Gasteiger partial charge in [0.2, 0.25) is 5.78 Å². The highest BCUT2D eigenvalue weighted by Crippen LogP contribution is 2.39. The molecule has 1 spiro atoms. The molecule has 128 valence electrons. The van der Waals surface area contributed by atoms with E-state index in [1.54, 1.807) is 13.8 Å². The molecule has 1 unspecified atom stereocenters. The molecule has 1 aromatic carbocycles. The van der Waals surface area contributed by atoms with Crippen molar-refractivity contribution in [3.05, 3.63) is 35.9 Å². The van der Waals surface area contributed by atoms with Crippen LogP contribution in [0.4, 0.5) is 4.79 Å². The van der Waals surface area contributed by atoms with Crippen LogP contribution in [0, 0.1) is 0 Å². The van der Waals surface area contributed by atoms with Crippen LogP contribution in [0.1, 0.15) is 19.4 Å². The van der Waals surface area contributed by atoms with Gasteiger partial charge in [0.05, 0.1) is 6.61 Å². The Morgan fingerprint density at radius 3 is 2.58 bits per heavy atom. The topological polar surface area (TPSA) is 74.3 Å². The van der Waals surface area contributed by atoms with Gasteiger partial charge in [0.25, 0.3) is 5.79 Å². The number of nitrogens with zero attached hydrogens (tertiary/aromatic N) is 1. The monoisotopic (exact) mass is 333 g/mol. The maximum Gasteiger partial charge on any atom is 0.411 e. The Kier molecular flexibility index (Phi) is 3.42. The first-order chi connectivity index (χ1) is 11.4. The van der Waals surface area contributed by atoms with Gasteiger partial charge in [-0.1, -0.05) is 30.3 Å². The molecule has 7 nitrogen and oxygen atoms in total. The van der Waals surface area contributed by atoms with Crippen LogP contribution >= 0.6 is 0 Å². The van der Waals surface area contributed by atoms with E-state index < -0.39 is 35.6 Å². The van der Waals surface area contributed by atoms with Crippen LogP contribution in [0.15, 0.2) is 30.3 Å². The highest BCUT2D eigenvalue weighted by atomic mass is 16.8. The number of amides is 1. The molecule has 0 aliphatic carbocycles. The Labute approximate surface area is 139 Å². The Hall–Kier alpha value is -1.96. The van der Waals surface area contributed by atoms with Crippen molar-refractivity contribution in [3.63, 3.8) is 0 Å². The minimum absolute atomic E-state index is 0.00170. The molecule has 0 N–H and O–H groups in total. The van der Waals surface area contributed by atoms with E-state index in [0.29, 0.717) is 6.54 Å². The first-order valence-corrected chi connectivity index (χ1v) is 7.94. The molecule has 0 saturated carbocycles. The summed E-state index contributed by atoms with van der Waals surface area (Å²) < 4.78 is 22.2. The molecule has 3 saturated heterocycles. The van der Waals surface area contributed by atoms with Crippen molar-refractivity contribution in [2.75, 3.05) is 13.2 Å². The Balaban J connectivity index is 1.54. The van der Waals surface area contributed by atoms with E-state index in [1.807, 2.05) is 30.3 Å². The molecule has 3 aliphatic heterocycles. The van der Waals surface area contributed by atoms with Gasteiger partial charge in [-0.25, -0.2) is 4.79 Å². The molecule has 0 radical (unpaired) electrons. The molecular formula is C17H19NO6. The number of hydrogen-bond donors (Lipinski definition) is 0. The lowest BCUT2D eigenvalue weighted by Crippen LogP contribution is -2.60. The van der Waals surface area contributed by atoms with Crippen molar-refractivity contribution < 1.29 is 28.5 Å². The molecule has 3 heterocycles. The maximum absolute atomic E-state index is 12.8. The third-order valence-electron chi connectivity index (χ3n) is 4.55. The number of rotatable bonds is 2. The second kappa shape index (κ2) is 5.27. The number of Topliss-reactive ketones (excluding diaryl/α,β-unsaturated/α-hetero) is 1. The molecule has 0 aromatic heterocycles. The van der Waals surface area contributed by atoms with Crippen molar-refractivity contribution in [3.8, 4) is 0 Å². The number of carbonyl (C=O) groups is 2. The van der Waals surface area contributed by atoms with Crippen LogP contribution in [0.3, 0.4) is 0 Å². The fraction of sp³-hybridized carbons (Fsp3) is 0.529. The van der Waals surface area contributed by atoms with Crippen LogP contribution in [-0.4, -0.2) is 53.7 Å². The fourth-order valence-electron chi connectivity index (χ4n) is 3.35. The summed E-state index contributed by atoms with van der Waals surface area (Å²) in [5.74, 6) is -2.78. The molecule has 7 heteroatoms.